The van der Waals surface area contributed by atoms with Gasteiger partial charge in [-0.25, -0.2) is 4.39 Å². The maximum absolute atomic E-state index is 13.2. The number of rotatable bonds is 3. The summed E-state index contributed by atoms with van der Waals surface area (Å²) in [5.41, 5.74) is 7.88. The number of hydrogen-bond acceptors (Lipinski definition) is 2. The van der Waals surface area contributed by atoms with Gasteiger partial charge >= 0.3 is 0 Å². The third-order valence-electron chi connectivity index (χ3n) is 2.93. The number of hydrogen-bond donors (Lipinski definition) is 1. The molecule has 0 aliphatic carbocycles. The van der Waals surface area contributed by atoms with E-state index in [0.29, 0.717) is 22.9 Å². The quantitative estimate of drug-likeness (QED) is 0.878. The molecule has 2 aromatic rings. The Balaban J connectivity index is 2.10. The van der Waals surface area contributed by atoms with Crippen molar-refractivity contribution in [3.8, 4) is 17.6 Å². The number of aryl methyl sites for hydroxylation is 1. The summed E-state index contributed by atoms with van der Waals surface area (Å²) in [5, 5.41) is 0.485. The highest BCUT2D eigenvalue weighted by Gasteiger charge is 2.04. The Morgan fingerprint density at radius 2 is 2.05 bits per heavy atom. The predicted octanol–water partition coefficient (Wildman–Crippen LogP) is 3.68. The van der Waals surface area contributed by atoms with E-state index in [9.17, 15) is 4.39 Å². The van der Waals surface area contributed by atoms with Crippen LogP contribution in [0.25, 0.3) is 0 Å². The normalized spacial score (nSPS) is 9.90. The highest BCUT2D eigenvalue weighted by Crippen LogP contribution is 2.21. The number of benzene rings is 2. The van der Waals surface area contributed by atoms with Crippen LogP contribution >= 0.6 is 11.6 Å². The van der Waals surface area contributed by atoms with Crippen LogP contribution in [-0.2, 0) is 6.61 Å². The average Bonchev–Trinajstić information content (AvgIpc) is 2.47. The summed E-state index contributed by atoms with van der Waals surface area (Å²) in [6, 6.07) is 9.79. The Hall–Kier alpha value is -2.02. The monoisotopic (exact) mass is 303 g/mol. The molecule has 2 rings (SSSR count). The fraction of sp³-hybridized carbons (Fsp3) is 0.176. The van der Waals surface area contributed by atoms with Crippen molar-refractivity contribution >= 4 is 11.6 Å². The SMILES string of the molecule is Cc1cc(OCc2cc(F)ccc2Cl)ccc1C#CCN. The summed E-state index contributed by atoms with van der Waals surface area (Å²) in [5.74, 6) is 6.16. The van der Waals surface area contributed by atoms with Crippen molar-refractivity contribution < 1.29 is 9.13 Å². The van der Waals surface area contributed by atoms with Gasteiger partial charge in [-0.05, 0) is 48.9 Å². The van der Waals surface area contributed by atoms with Gasteiger partial charge in [0.1, 0.15) is 18.2 Å². The molecule has 0 aliphatic heterocycles. The topological polar surface area (TPSA) is 35.2 Å². The molecule has 0 spiro atoms. The van der Waals surface area contributed by atoms with Crippen LogP contribution in [0.1, 0.15) is 16.7 Å². The molecule has 0 aliphatic rings. The Labute approximate surface area is 128 Å². The summed E-state index contributed by atoms with van der Waals surface area (Å²) in [6.45, 7) is 2.49. The van der Waals surface area contributed by atoms with Crippen LogP contribution in [0.2, 0.25) is 5.02 Å². The molecule has 0 atom stereocenters. The van der Waals surface area contributed by atoms with Gasteiger partial charge in [-0.15, -0.1) is 0 Å². The minimum Gasteiger partial charge on any atom is -0.489 e. The molecule has 2 N–H and O–H groups in total. The van der Waals surface area contributed by atoms with Gasteiger partial charge in [0.15, 0.2) is 0 Å². The number of nitrogens with two attached hydrogens (primary N) is 1. The van der Waals surface area contributed by atoms with Crippen LogP contribution in [0, 0.1) is 24.6 Å². The molecular formula is C17H15ClFNO. The summed E-state index contributed by atoms with van der Waals surface area (Å²) < 4.78 is 18.8. The first-order chi connectivity index (χ1) is 10.1. The molecule has 21 heavy (non-hydrogen) atoms. The second-order valence-electron chi connectivity index (χ2n) is 4.51. The van der Waals surface area contributed by atoms with Crippen molar-refractivity contribution in [2.24, 2.45) is 5.73 Å². The Kier molecular flexibility index (Phi) is 5.21. The fourth-order valence-corrected chi connectivity index (χ4v) is 2.00. The van der Waals surface area contributed by atoms with E-state index in [1.165, 1.54) is 18.2 Å². The van der Waals surface area contributed by atoms with Crippen molar-refractivity contribution in [2.45, 2.75) is 13.5 Å². The molecule has 0 unspecified atom stereocenters. The van der Waals surface area contributed by atoms with Crippen LogP contribution in [0.3, 0.4) is 0 Å². The van der Waals surface area contributed by atoms with E-state index in [4.69, 9.17) is 22.1 Å². The zero-order valence-electron chi connectivity index (χ0n) is 11.6. The Morgan fingerprint density at radius 1 is 1.24 bits per heavy atom. The zero-order chi connectivity index (χ0) is 15.2. The Bertz CT molecular complexity index is 704. The van der Waals surface area contributed by atoms with E-state index in [1.54, 1.807) is 0 Å². The summed E-state index contributed by atoms with van der Waals surface area (Å²) in [7, 11) is 0. The van der Waals surface area contributed by atoms with E-state index >= 15 is 0 Å². The third kappa shape index (κ3) is 4.22. The first kappa shape index (κ1) is 15.4. The number of ether oxygens (including phenoxy) is 1. The molecule has 2 nitrogen and oxygen atoms in total. The molecule has 0 heterocycles. The van der Waals surface area contributed by atoms with Crippen molar-refractivity contribution in [3.05, 3.63) is 63.9 Å². The van der Waals surface area contributed by atoms with Gasteiger partial charge in [0.25, 0.3) is 0 Å². The first-order valence-electron chi connectivity index (χ1n) is 6.46. The molecule has 0 aromatic heterocycles. The van der Waals surface area contributed by atoms with Gasteiger partial charge in [-0.3, -0.25) is 0 Å². The van der Waals surface area contributed by atoms with E-state index in [2.05, 4.69) is 11.8 Å². The van der Waals surface area contributed by atoms with Crippen LogP contribution in [0.5, 0.6) is 5.75 Å². The van der Waals surface area contributed by atoms with Crippen LogP contribution in [0.15, 0.2) is 36.4 Å². The van der Waals surface area contributed by atoms with Crippen LogP contribution in [0.4, 0.5) is 4.39 Å². The molecule has 0 saturated carbocycles. The van der Waals surface area contributed by atoms with E-state index < -0.39 is 0 Å². The first-order valence-corrected chi connectivity index (χ1v) is 6.84. The molecule has 0 saturated heterocycles. The van der Waals surface area contributed by atoms with Crippen molar-refractivity contribution in [3.63, 3.8) is 0 Å². The van der Waals surface area contributed by atoms with E-state index in [0.717, 1.165) is 11.1 Å². The Morgan fingerprint density at radius 3 is 2.76 bits per heavy atom. The average molecular weight is 304 g/mol. The third-order valence-corrected chi connectivity index (χ3v) is 3.29. The van der Waals surface area contributed by atoms with Crippen molar-refractivity contribution in [2.75, 3.05) is 6.54 Å². The molecule has 0 fully saturated rings. The molecule has 108 valence electrons. The zero-order valence-corrected chi connectivity index (χ0v) is 12.4. The maximum Gasteiger partial charge on any atom is 0.123 e. The molecule has 0 amide bonds. The van der Waals surface area contributed by atoms with Gasteiger partial charge in [-0.2, -0.15) is 0 Å². The van der Waals surface area contributed by atoms with Gasteiger partial charge in [0.05, 0.1) is 6.54 Å². The largest absolute Gasteiger partial charge is 0.489 e. The van der Waals surface area contributed by atoms with Gasteiger partial charge in [0.2, 0.25) is 0 Å². The molecule has 2 aromatic carbocycles. The second kappa shape index (κ2) is 7.12. The summed E-state index contributed by atoms with van der Waals surface area (Å²) >= 11 is 6.00. The summed E-state index contributed by atoms with van der Waals surface area (Å²) in [6.07, 6.45) is 0. The molecule has 0 radical (unpaired) electrons. The fourth-order valence-electron chi connectivity index (χ4n) is 1.83. The highest BCUT2D eigenvalue weighted by molar-refractivity contribution is 6.31. The lowest BCUT2D eigenvalue weighted by atomic mass is 10.1. The van der Waals surface area contributed by atoms with Crippen molar-refractivity contribution in [1.29, 1.82) is 0 Å². The van der Waals surface area contributed by atoms with Crippen molar-refractivity contribution in [1.82, 2.24) is 0 Å². The predicted molar refractivity (Wildman–Crippen MR) is 82.9 cm³/mol. The second-order valence-corrected chi connectivity index (χ2v) is 4.91. The smallest absolute Gasteiger partial charge is 0.123 e. The minimum atomic E-state index is -0.332. The van der Waals surface area contributed by atoms with Gasteiger partial charge < -0.3 is 10.5 Å². The van der Waals surface area contributed by atoms with Gasteiger partial charge in [0, 0.05) is 16.1 Å². The number of halogens is 2. The van der Waals surface area contributed by atoms with E-state index in [-0.39, 0.29) is 12.4 Å². The maximum atomic E-state index is 13.2. The standard InChI is InChI=1S/C17H15ClFNO/c1-12-9-16(6-4-13(12)3-2-8-20)21-11-14-10-15(19)5-7-17(14)18/h4-7,9-10H,8,11,20H2,1H3. The highest BCUT2D eigenvalue weighted by atomic mass is 35.5. The minimum absolute atomic E-state index is 0.212. The lowest BCUT2D eigenvalue weighted by Crippen LogP contribution is -1.98. The van der Waals surface area contributed by atoms with Gasteiger partial charge in [-0.1, -0.05) is 23.4 Å². The lowest BCUT2D eigenvalue weighted by Gasteiger charge is -2.09. The van der Waals surface area contributed by atoms with Crippen LogP contribution in [-0.4, -0.2) is 6.54 Å². The van der Waals surface area contributed by atoms with Crippen LogP contribution < -0.4 is 10.5 Å². The molecule has 4 heteroatoms. The lowest BCUT2D eigenvalue weighted by molar-refractivity contribution is 0.305. The summed E-state index contributed by atoms with van der Waals surface area (Å²) in [4.78, 5) is 0. The van der Waals surface area contributed by atoms with E-state index in [1.807, 2.05) is 25.1 Å². The molecule has 0 bridgehead atoms. The molecular weight excluding hydrogens is 289 g/mol.